The summed E-state index contributed by atoms with van der Waals surface area (Å²) in [5.74, 6) is -0.0265. The number of carbonyl (C=O) groups excluding carboxylic acids is 1. The van der Waals surface area contributed by atoms with Gasteiger partial charge in [-0.3, -0.25) is 14.6 Å². The first-order valence-electron chi connectivity index (χ1n) is 7.80. The molecular formula is C17H27N3O. The summed E-state index contributed by atoms with van der Waals surface area (Å²) < 4.78 is 0. The fourth-order valence-electron chi connectivity index (χ4n) is 3.11. The summed E-state index contributed by atoms with van der Waals surface area (Å²) >= 11 is 0. The van der Waals surface area contributed by atoms with E-state index in [0.717, 1.165) is 31.9 Å². The Hall–Kier alpha value is -1.39. The number of nitrogens with one attached hydrogen (secondary N) is 1. The number of carbonyl (C=O) groups is 1. The maximum Gasteiger partial charge on any atom is 0.221 e. The Kier molecular flexibility index (Phi) is 5.37. The first-order valence-corrected chi connectivity index (χ1v) is 7.80. The van der Waals surface area contributed by atoms with Crippen LogP contribution >= 0.6 is 0 Å². The third kappa shape index (κ3) is 4.55. The molecule has 0 aromatic heterocycles. The van der Waals surface area contributed by atoms with Crippen LogP contribution in [-0.4, -0.2) is 47.4 Å². The normalized spacial score (nSPS) is 20.7. The number of hydrogen-bond donors (Lipinski definition) is 1. The van der Waals surface area contributed by atoms with Crippen LogP contribution in [0.2, 0.25) is 0 Å². The molecule has 0 spiro atoms. The van der Waals surface area contributed by atoms with Crippen molar-refractivity contribution >= 4 is 11.6 Å². The average molecular weight is 289 g/mol. The molecule has 1 saturated heterocycles. The summed E-state index contributed by atoms with van der Waals surface area (Å²) in [5.41, 5.74) is 2.17. The molecule has 1 heterocycles. The summed E-state index contributed by atoms with van der Waals surface area (Å²) in [6.07, 6.45) is 0. The lowest BCUT2D eigenvalue weighted by Crippen LogP contribution is -2.53. The quantitative estimate of drug-likeness (QED) is 0.925. The lowest BCUT2D eigenvalue weighted by molar-refractivity contribution is -0.114. The van der Waals surface area contributed by atoms with E-state index in [1.54, 1.807) is 0 Å². The number of rotatable bonds is 4. The molecule has 4 heteroatoms. The molecule has 116 valence electrons. The maximum absolute atomic E-state index is 11.0. The van der Waals surface area contributed by atoms with Gasteiger partial charge in [0.15, 0.2) is 0 Å². The average Bonchev–Trinajstić information content (AvgIpc) is 2.40. The Morgan fingerprint density at radius 1 is 1.29 bits per heavy atom. The van der Waals surface area contributed by atoms with Gasteiger partial charge in [-0.2, -0.15) is 0 Å². The van der Waals surface area contributed by atoms with E-state index < -0.39 is 0 Å². The molecule has 1 aliphatic rings. The number of nitrogens with zero attached hydrogens (tertiary/aromatic N) is 2. The first-order chi connectivity index (χ1) is 9.95. The highest BCUT2D eigenvalue weighted by molar-refractivity contribution is 5.88. The SMILES string of the molecule is CC(=O)Nc1ccc(CN2CCN(C(C)C)C(C)C2)cc1. The highest BCUT2D eigenvalue weighted by atomic mass is 16.1. The topological polar surface area (TPSA) is 35.6 Å². The molecule has 1 aromatic carbocycles. The van der Waals surface area contributed by atoms with Crippen molar-refractivity contribution in [3.63, 3.8) is 0 Å². The van der Waals surface area contributed by atoms with Gasteiger partial charge in [0.05, 0.1) is 0 Å². The minimum absolute atomic E-state index is 0.0265. The van der Waals surface area contributed by atoms with E-state index in [2.05, 4.69) is 48.0 Å². The number of benzene rings is 1. The molecule has 0 aliphatic carbocycles. The minimum Gasteiger partial charge on any atom is -0.326 e. The monoisotopic (exact) mass is 289 g/mol. The van der Waals surface area contributed by atoms with Gasteiger partial charge in [0, 0.05) is 50.9 Å². The molecule has 21 heavy (non-hydrogen) atoms. The van der Waals surface area contributed by atoms with Gasteiger partial charge in [-0.1, -0.05) is 12.1 Å². The molecule has 0 radical (unpaired) electrons. The third-order valence-electron chi connectivity index (χ3n) is 4.11. The Morgan fingerprint density at radius 2 is 1.95 bits per heavy atom. The van der Waals surface area contributed by atoms with Gasteiger partial charge in [-0.25, -0.2) is 0 Å². The van der Waals surface area contributed by atoms with E-state index >= 15 is 0 Å². The Bertz CT molecular complexity index is 469. The Balaban J connectivity index is 1.89. The van der Waals surface area contributed by atoms with Crippen LogP contribution in [0.3, 0.4) is 0 Å². The Morgan fingerprint density at radius 3 is 2.48 bits per heavy atom. The third-order valence-corrected chi connectivity index (χ3v) is 4.11. The van der Waals surface area contributed by atoms with Gasteiger partial charge in [0.25, 0.3) is 0 Å². The second kappa shape index (κ2) is 7.05. The molecule has 4 nitrogen and oxygen atoms in total. The smallest absolute Gasteiger partial charge is 0.221 e. The van der Waals surface area contributed by atoms with Crippen LogP contribution < -0.4 is 5.32 Å². The minimum atomic E-state index is -0.0265. The number of piperazine rings is 1. The number of hydrogen-bond acceptors (Lipinski definition) is 3. The van der Waals surface area contributed by atoms with Crippen LogP contribution in [-0.2, 0) is 11.3 Å². The standard InChI is InChI=1S/C17H27N3O/c1-13(2)20-10-9-19(11-14(20)3)12-16-5-7-17(8-6-16)18-15(4)21/h5-8,13-14H,9-12H2,1-4H3,(H,18,21). The predicted octanol–water partition coefficient (Wildman–Crippen LogP) is 2.56. The predicted molar refractivity (Wildman–Crippen MR) is 87.3 cm³/mol. The highest BCUT2D eigenvalue weighted by Gasteiger charge is 2.25. The van der Waals surface area contributed by atoms with Crippen LogP contribution in [0.1, 0.15) is 33.3 Å². The molecule has 1 N–H and O–H groups in total. The van der Waals surface area contributed by atoms with E-state index in [1.165, 1.54) is 12.5 Å². The van der Waals surface area contributed by atoms with Crippen molar-refractivity contribution in [1.29, 1.82) is 0 Å². The molecule has 0 saturated carbocycles. The largest absolute Gasteiger partial charge is 0.326 e. The second-order valence-corrected chi connectivity index (χ2v) is 6.29. The zero-order valence-corrected chi connectivity index (χ0v) is 13.6. The summed E-state index contributed by atoms with van der Waals surface area (Å²) in [6.45, 7) is 12.7. The first kappa shape index (κ1) is 16.0. The summed E-state index contributed by atoms with van der Waals surface area (Å²) in [4.78, 5) is 16.1. The maximum atomic E-state index is 11.0. The fraction of sp³-hybridized carbons (Fsp3) is 0.588. The van der Waals surface area contributed by atoms with Gasteiger partial charge in [0.2, 0.25) is 5.91 Å². The molecule has 0 bridgehead atoms. The van der Waals surface area contributed by atoms with Crippen LogP contribution in [0.25, 0.3) is 0 Å². The molecule has 1 aromatic rings. The van der Waals surface area contributed by atoms with Gasteiger partial charge >= 0.3 is 0 Å². The van der Waals surface area contributed by atoms with Crippen molar-refractivity contribution in [1.82, 2.24) is 9.80 Å². The van der Waals surface area contributed by atoms with E-state index in [1.807, 2.05) is 12.1 Å². The van der Waals surface area contributed by atoms with E-state index in [-0.39, 0.29) is 5.91 Å². The van der Waals surface area contributed by atoms with Crippen LogP contribution in [0.5, 0.6) is 0 Å². The molecule has 1 amide bonds. The summed E-state index contributed by atoms with van der Waals surface area (Å²) in [5, 5.41) is 2.80. The molecule has 1 fully saturated rings. The van der Waals surface area contributed by atoms with Crippen LogP contribution in [0.4, 0.5) is 5.69 Å². The van der Waals surface area contributed by atoms with E-state index in [9.17, 15) is 4.79 Å². The molecule has 2 rings (SSSR count). The van der Waals surface area contributed by atoms with Crippen LogP contribution in [0.15, 0.2) is 24.3 Å². The number of amides is 1. The van der Waals surface area contributed by atoms with Crippen molar-refractivity contribution in [2.45, 2.75) is 46.3 Å². The van der Waals surface area contributed by atoms with Crippen molar-refractivity contribution in [2.24, 2.45) is 0 Å². The van der Waals surface area contributed by atoms with Crippen molar-refractivity contribution in [3.8, 4) is 0 Å². The summed E-state index contributed by atoms with van der Waals surface area (Å²) in [6, 6.07) is 9.39. The van der Waals surface area contributed by atoms with Crippen molar-refractivity contribution in [2.75, 3.05) is 25.0 Å². The van der Waals surface area contributed by atoms with Crippen molar-refractivity contribution in [3.05, 3.63) is 29.8 Å². The zero-order valence-electron chi connectivity index (χ0n) is 13.6. The zero-order chi connectivity index (χ0) is 15.4. The lowest BCUT2D eigenvalue weighted by atomic mass is 10.1. The van der Waals surface area contributed by atoms with Crippen molar-refractivity contribution < 1.29 is 4.79 Å². The highest BCUT2D eigenvalue weighted by Crippen LogP contribution is 2.16. The van der Waals surface area contributed by atoms with Crippen LogP contribution in [0, 0.1) is 0 Å². The fourth-order valence-corrected chi connectivity index (χ4v) is 3.11. The van der Waals surface area contributed by atoms with Gasteiger partial charge in [-0.15, -0.1) is 0 Å². The lowest BCUT2D eigenvalue weighted by Gasteiger charge is -2.42. The van der Waals surface area contributed by atoms with Gasteiger partial charge < -0.3 is 5.32 Å². The molecule has 1 aliphatic heterocycles. The molecule has 1 atom stereocenters. The van der Waals surface area contributed by atoms with Gasteiger partial charge in [0.1, 0.15) is 0 Å². The van der Waals surface area contributed by atoms with E-state index in [4.69, 9.17) is 0 Å². The summed E-state index contributed by atoms with van der Waals surface area (Å²) in [7, 11) is 0. The Labute approximate surface area is 128 Å². The van der Waals surface area contributed by atoms with E-state index in [0.29, 0.717) is 12.1 Å². The molecule has 1 unspecified atom stereocenters. The molecular weight excluding hydrogens is 262 g/mol. The number of anilines is 1. The second-order valence-electron chi connectivity index (χ2n) is 6.29. The van der Waals surface area contributed by atoms with Gasteiger partial charge in [-0.05, 0) is 38.5 Å².